The van der Waals surface area contributed by atoms with Crippen LogP contribution in [0, 0.1) is 17.0 Å². The highest BCUT2D eigenvalue weighted by atomic mass is 16.6. The van der Waals surface area contributed by atoms with Gasteiger partial charge in [-0.1, -0.05) is 0 Å². The van der Waals surface area contributed by atoms with Crippen LogP contribution in [0.25, 0.3) is 0 Å². The van der Waals surface area contributed by atoms with Crippen LogP contribution in [0.1, 0.15) is 18.2 Å². The molecule has 14 heavy (non-hydrogen) atoms. The third-order valence-corrected chi connectivity index (χ3v) is 1.90. The number of aromatic nitrogens is 1. The third-order valence-electron chi connectivity index (χ3n) is 1.90. The van der Waals surface area contributed by atoms with E-state index in [4.69, 9.17) is 5.73 Å². The number of rotatable bonds is 3. The van der Waals surface area contributed by atoms with Gasteiger partial charge in [-0.2, -0.15) is 0 Å². The quantitative estimate of drug-likeness (QED) is 0.580. The minimum atomic E-state index is -0.403. The van der Waals surface area contributed by atoms with Gasteiger partial charge in [0.05, 0.1) is 4.92 Å². The van der Waals surface area contributed by atoms with E-state index in [1.807, 2.05) is 0 Å². The summed E-state index contributed by atoms with van der Waals surface area (Å²) in [6, 6.07) is 1.51. The zero-order chi connectivity index (χ0) is 10.7. The number of hydrogen-bond acceptors (Lipinski definition) is 4. The Hall–Kier alpha value is -1.49. The summed E-state index contributed by atoms with van der Waals surface area (Å²) in [7, 11) is 0. The summed E-state index contributed by atoms with van der Waals surface area (Å²) < 4.78 is 0. The zero-order valence-corrected chi connectivity index (χ0v) is 8.23. The fraction of sp³-hybridized carbons (Fsp3) is 0.444. The first kappa shape index (κ1) is 10.6. The maximum atomic E-state index is 10.7. The van der Waals surface area contributed by atoms with Crippen LogP contribution in [-0.2, 0) is 6.42 Å². The molecule has 0 aliphatic rings. The summed E-state index contributed by atoms with van der Waals surface area (Å²) in [5.74, 6) is 0. The van der Waals surface area contributed by atoms with Gasteiger partial charge in [0.2, 0.25) is 0 Å². The molecule has 0 fully saturated rings. The highest BCUT2D eigenvalue weighted by molar-refractivity contribution is 5.43. The van der Waals surface area contributed by atoms with E-state index in [-0.39, 0.29) is 11.7 Å². The van der Waals surface area contributed by atoms with Crippen molar-refractivity contribution in [3.05, 3.63) is 33.6 Å². The van der Waals surface area contributed by atoms with E-state index in [2.05, 4.69) is 4.98 Å². The van der Waals surface area contributed by atoms with Gasteiger partial charge < -0.3 is 5.73 Å². The van der Waals surface area contributed by atoms with Gasteiger partial charge in [0, 0.05) is 24.2 Å². The van der Waals surface area contributed by atoms with Gasteiger partial charge in [-0.15, -0.1) is 0 Å². The lowest BCUT2D eigenvalue weighted by molar-refractivity contribution is -0.386. The molecule has 1 aromatic heterocycles. The Bertz CT molecular complexity index is 350. The SMILES string of the molecule is Cc1ccnc(CC(C)N)c1[N+](=O)[O-]. The van der Waals surface area contributed by atoms with Crippen molar-refractivity contribution in [3.63, 3.8) is 0 Å². The maximum absolute atomic E-state index is 10.7. The highest BCUT2D eigenvalue weighted by Crippen LogP contribution is 2.21. The Morgan fingerprint density at radius 2 is 2.36 bits per heavy atom. The molecule has 0 spiro atoms. The minimum absolute atomic E-state index is 0.0878. The average Bonchev–Trinajstić information content (AvgIpc) is 2.01. The molecule has 5 heteroatoms. The predicted molar refractivity (Wildman–Crippen MR) is 53.0 cm³/mol. The van der Waals surface area contributed by atoms with Crippen LogP contribution in [0.15, 0.2) is 12.3 Å². The van der Waals surface area contributed by atoms with E-state index in [1.165, 1.54) is 0 Å². The number of pyridine rings is 1. The van der Waals surface area contributed by atoms with Gasteiger partial charge in [0.15, 0.2) is 0 Å². The highest BCUT2D eigenvalue weighted by Gasteiger charge is 2.18. The van der Waals surface area contributed by atoms with Crippen molar-refractivity contribution in [1.82, 2.24) is 4.98 Å². The predicted octanol–water partition coefficient (Wildman–Crippen LogP) is 1.19. The number of nitrogens with two attached hydrogens (primary N) is 1. The topological polar surface area (TPSA) is 82.0 Å². The van der Waals surface area contributed by atoms with Crippen molar-refractivity contribution in [3.8, 4) is 0 Å². The van der Waals surface area contributed by atoms with Crippen molar-refractivity contribution in [1.29, 1.82) is 0 Å². The summed E-state index contributed by atoms with van der Waals surface area (Å²) in [4.78, 5) is 14.3. The Balaban J connectivity index is 3.14. The van der Waals surface area contributed by atoms with E-state index >= 15 is 0 Å². The van der Waals surface area contributed by atoms with E-state index in [9.17, 15) is 10.1 Å². The van der Waals surface area contributed by atoms with Gasteiger partial charge in [0.1, 0.15) is 5.69 Å². The molecule has 0 saturated heterocycles. The Morgan fingerprint density at radius 3 is 2.86 bits per heavy atom. The minimum Gasteiger partial charge on any atom is -0.328 e. The first-order chi connectivity index (χ1) is 6.52. The maximum Gasteiger partial charge on any atom is 0.293 e. The first-order valence-electron chi connectivity index (χ1n) is 4.37. The molecule has 1 rings (SSSR count). The summed E-state index contributed by atoms with van der Waals surface area (Å²) in [6.45, 7) is 3.50. The van der Waals surface area contributed by atoms with Gasteiger partial charge in [-0.3, -0.25) is 15.1 Å². The fourth-order valence-corrected chi connectivity index (χ4v) is 1.31. The summed E-state index contributed by atoms with van der Waals surface area (Å²) in [5, 5.41) is 10.7. The number of hydrogen-bond donors (Lipinski definition) is 1. The molecule has 0 aromatic carbocycles. The van der Waals surface area contributed by atoms with Gasteiger partial charge in [-0.25, -0.2) is 0 Å². The van der Waals surface area contributed by atoms with Crippen LogP contribution in [-0.4, -0.2) is 15.9 Å². The van der Waals surface area contributed by atoms with E-state index in [1.54, 1.807) is 26.1 Å². The molecule has 76 valence electrons. The molecule has 1 unspecified atom stereocenters. The van der Waals surface area contributed by atoms with Crippen molar-refractivity contribution in [2.45, 2.75) is 26.3 Å². The van der Waals surface area contributed by atoms with Gasteiger partial charge >= 0.3 is 0 Å². The first-order valence-corrected chi connectivity index (χ1v) is 4.37. The van der Waals surface area contributed by atoms with Crippen molar-refractivity contribution < 1.29 is 4.92 Å². The molecule has 2 N–H and O–H groups in total. The van der Waals surface area contributed by atoms with Crippen molar-refractivity contribution >= 4 is 5.69 Å². The van der Waals surface area contributed by atoms with Crippen LogP contribution in [0.3, 0.4) is 0 Å². The summed E-state index contributed by atoms with van der Waals surface area (Å²) in [6.07, 6.45) is 2.00. The summed E-state index contributed by atoms with van der Waals surface area (Å²) in [5.41, 5.74) is 6.76. The monoisotopic (exact) mass is 195 g/mol. The molecule has 0 saturated carbocycles. The lowest BCUT2D eigenvalue weighted by Gasteiger charge is -2.06. The smallest absolute Gasteiger partial charge is 0.293 e. The second-order valence-electron chi connectivity index (χ2n) is 3.36. The Kier molecular flexibility index (Phi) is 3.14. The van der Waals surface area contributed by atoms with E-state index in [0.717, 1.165) is 0 Å². The Labute approximate surface area is 82.1 Å². The molecule has 0 bridgehead atoms. The number of aryl methyl sites for hydroxylation is 1. The molecule has 0 aliphatic carbocycles. The van der Waals surface area contributed by atoms with Crippen LogP contribution in [0.2, 0.25) is 0 Å². The molecule has 1 atom stereocenters. The van der Waals surface area contributed by atoms with E-state index < -0.39 is 4.92 Å². The molecule has 1 aromatic rings. The van der Waals surface area contributed by atoms with Gasteiger partial charge in [-0.05, 0) is 19.9 Å². The lowest BCUT2D eigenvalue weighted by Crippen LogP contribution is -2.19. The Morgan fingerprint density at radius 1 is 1.71 bits per heavy atom. The normalized spacial score (nSPS) is 12.5. The van der Waals surface area contributed by atoms with Crippen LogP contribution < -0.4 is 5.73 Å². The van der Waals surface area contributed by atoms with Gasteiger partial charge in [0.25, 0.3) is 5.69 Å². The second kappa shape index (κ2) is 4.15. The molecule has 1 heterocycles. The largest absolute Gasteiger partial charge is 0.328 e. The molecular weight excluding hydrogens is 182 g/mol. The van der Waals surface area contributed by atoms with Crippen LogP contribution in [0.5, 0.6) is 0 Å². The lowest BCUT2D eigenvalue weighted by atomic mass is 10.1. The summed E-state index contributed by atoms with van der Waals surface area (Å²) >= 11 is 0. The molecule has 0 radical (unpaired) electrons. The second-order valence-corrected chi connectivity index (χ2v) is 3.36. The van der Waals surface area contributed by atoms with E-state index in [0.29, 0.717) is 17.7 Å². The zero-order valence-electron chi connectivity index (χ0n) is 8.23. The van der Waals surface area contributed by atoms with Crippen LogP contribution in [0.4, 0.5) is 5.69 Å². The van der Waals surface area contributed by atoms with Crippen LogP contribution >= 0.6 is 0 Å². The van der Waals surface area contributed by atoms with Crippen molar-refractivity contribution in [2.24, 2.45) is 5.73 Å². The fourth-order valence-electron chi connectivity index (χ4n) is 1.31. The standard InChI is InChI=1S/C9H13N3O2/c1-6-3-4-11-8(5-7(2)10)9(6)12(13)14/h3-4,7H,5,10H2,1-2H3. The number of nitrogens with zero attached hydrogens (tertiary/aromatic N) is 2. The molecule has 5 nitrogen and oxygen atoms in total. The van der Waals surface area contributed by atoms with Crippen molar-refractivity contribution in [2.75, 3.05) is 0 Å². The molecule has 0 aliphatic heterocycles. The third kappa shape index (κ3) is 2.26. The average molecular weight is 195 g/mol. The molecular formula is C9H13N3O2. The molecule has 0 amide bonds. The number of nitro groups is 1.